The van der Waals surface area contributed by atoms with E-state index in [4.69, 9.17) is 18.9 Å². The van der Waals surface area contributed by atoms with Gasteiger partial charge in [-0.25, -0.2) is 0 Å². The molecular weight excluding hydrogens is 222 g/mol. The molecule has 5 nitrogen and oxygen atoms in total. The summed E-state index contributed by atoms with van der Waals surface area (Å²) in [6, 6.07) is 0.156. The van der Waals surface area contributed by atoms with Gasteiger partial charge in [0.1, 0.15) is 18.3 Å². The molecule has 0 amide bonds. The van der Waals surface area contributed by atoms with Crippen LogP contribution in [0.25, 0.3) is 0 Å². The van der Waals surface area contributed by atoms with E-state index < -0.39 is 11.6 Å². The molecular formula is C12H21NO4. The van der Waals surface area contributed by atoms with Gasteiger partial charge in [0.15, 0.2) is 11.6 Å². The molecule has 1 N–H and O–H groups in total. The minimum absolute atomic E-state index is 0.0394. The molecule has 0 spiro atoms. The Balaban J connectivity index is 1.70. The monoisotopic (exact) mass is 243 g/mol. The van der Waals surface area contributed by atoms with Crippen molar-refractivity contribution in [1.82, 2.24) is 5.32 Å². The molecule has 0 saturated carbocycles. The molecule has 0 radical (unpaired) electrons. The predicted molar refractivity (Wildman–Crippen MR) is 60.5 cm³/mol. The first-order valence-electron chi connectivity index (χ1n) is 6.27. The topological polar surface area (TPSA) is 49.0 Å². The summed E-state index contributed by atoms with van der Waals surface area (Å²) < 4.78 is 23.3. The van der Waals surface area contributed by atoms with Gasteiger partial charge in [0, 0.05) is 6.54 Å². The molecule has 3 aliphatic heterocycles. The molecule has 98 valence electrons. The van der Waals surface area contributed by atoms with Crippen LogP contribution in [0.1, 0.15) is 27.7 Å². The van der Waals surface area contributed by atoms with Crippen LogP contribution in [0.3, 0.4) is 0 Å². The van der Waals surface area contributed by atoms with Crippen molar-refractivity contribution in [2.24, 2.45) is 0 Å². The van der Waals surface area contributed by atoms with Crippen LogP contribution in [0.5, 0.6) is 0 Å². The Hall–Kier alpha value is -0.200. The standard InChI is InChI=1S/C12H21NO4/c1-11(2)14-6-8(16-11)9-10-7(5-13-9)15-12(3,4)17-10/h7-10,13H,5-6H2,1-4H3/t7-,8?,9+,10-/m0/s1. The largest absolute Gasteiger partial charge is 0.348 e. The Morgan fingerprint density at radius 3 is 2.29 bits per heavy atom. The second-order valence-corrected chi connectivity index (χ2v) is 5.94. The van der Waals surface area contributed by atoms with E-state index in [1.165, 1.54) is 0 Å². The maximum Gasteiger partial charge on any atom is 0.163 e. The summed E-state index contributed by atoms with van der Waals surface area (Å²) in [7, 11) is 0. The zero-order chi connectivity index (χ0) is 12.3. The number of nitrogens with one attached hydrogen (secondary N) is 1. The Morgan fingerprint density at radius 2 is 1.65 bits per heavy atom. The lowest BCUT2D eigenvalue weighted by Gasteiger charge is -2.26. The summed E-state index contributed by atoms with van der Waals surface area (Å²) in [6.45, 7) is 9.22. The third-order valence-corrected chi connectivity index (χ3v) is 3.56. The summed E-state index contributed by atoms with van der Waals surface area (Å²) in [5, 5.41) is 3.42. The van der Waals surface area contributed by atoms with Crippen molar-refractivity contribution in [3.63, 3.8) is 0 Å². The molecule has 3 rings (SSSR count). The highest BCUT2D eigenvalue weighted by atomic mass is 16.8. The first-order valence-corrected chi connectivity index (χ1v) is 6.27. The summed E-state index contributed by atoms with van der Waals surface area (Å²) in [5.74, 6) is -0.968. The second kappa shape index (κ2) is 3.65. The van der Waals surface area contributed by atoms with Crippen LogP contribution in [0, 0.1) is 0 Å². The maximum absolute atomic E-state index is 5.95. The van der Waals surface area contributed by atoms with E-state index in [1.807, 2.05) is 27.7 Å². The van der Waals surface area contributed by atoms with Crippen molar-refractivity contribution in [2.75, 3.05) is 13.2 Å². The molecule has 0 aromatic rings. The van der Waals surface area contributed by atoms with Crippen molar-refractivity contribution in [3.8, 4) is 0 Å². The van der Waals surface area contributed by atoms with Crippen LogP contribution < -0.4 is 5.32 Å². The fraction of sp³-hybridized carbons (Fsp3) is 1.00. The smallest absolute Gasteiger partial charge is 0.163 e. The summed E-state index contributed by atoms with van der Waals surface area (Å²) in [6.07, 6.45) is 0.229. The molecule has 0 aromatic heterocycles. The quantitative estimate of drug-likeness (QED) is 0.732. The van der Waals surface area contributed by atoms with Gasteiger partial charge in [-0.2, -0.15) is 0 Å². The Morgan fingerprint density at radius 1 is 0.941 bits per heavy atom. The molecule has 3 heterocycles. The van der Waals surface area contributed by atoms with Crippen LogP contribution in [0.2, 0.25) is 0 Å². The number of hydrogen-bond donors (Lipinski definition) is 1. The van der Waals surface area contributed by atoms with Gasteiger partial charge in [-0.1, -0.05) is 0 Å². The zero-order valence-electron chi connectivity index (χ0n) is 10.9. The number of ether oxygens (including phenoxy) is 4. The molecule has 0 aromatic carbocycles. The van der Waals surface area contributed by atoms with Crippen molar-refractivity contribution in [3.05, 3.63) is 0 Å². The lowest BCUT2D eigenvalue weighted by Crippen LogP contribution is -2.46. The van der Waals surface area contributed by atoms with Gasteiger partial charge >= 0.3 is 0 Å². The van der Waals surface area contributed by atoms with Crippen LogP contribution in [0.4, 0.5) is 0 Å². The van der Waals surface area contributed by atoms with Gasteiger partial charge in [-0.05, 0) is 27.7 Å². The van der Waals surface area contributed by atoms with Crippen LogP contribution in [-0.2, 0) is 18.9 Å². The van der Waals surface area contributed by atoms with Crippen molar-refractivity contribution in [2.45, 2.75) is 63.6 Å². The van der Waals surface area contributed by atoms with E-state index in [9.17, 15) is 0 Å². The molecule has 0 bridgehead atoms. The van der Waals surface area contributed by atoms with Gasteiger partial charge in [0.25, 0.3) is 0 Å². The third kappa shape index (κ3) is 2.11. The fourth-order valence-electron chi connectivity index (χ4n) is 2.93. The molecule has 3 saturated heterocycles. The van der Waals surface area contributed by atoms with Gasteiger partial charge < -0.3 is 24.3 Å². The van der Waals surface area contributed by atoms with Gasteiger partial charge in [0.2, 0.25) is 0 Å². The van der Waals surface area contributed by atoms with Gasteiger partial charge in [0.05, 0.1) is 12.6 Å². The van der Waals surface area contributed by atoms with Crippen LogP contribution >= 0.6 is 0 Å². The highest BCUT2D eigenvalue weighted by Gasteiger charge is 2.53. The molecule has 17 heavy (non-hydrogen) atoms. The molecule has 3 aliphatic rings. The summed E-state index contributed by atoms with van der Waals surface area (Å²) in [5.41, 5.74) is 0. The van der Waals surface area contributed by atoms with Crippen LogP contribution in [-0.4, -0.2) is 49.1 Å². The normalized spacial score (nSPS) is 47.3. The highest BCUT2D eigenvalue weighted by molar-refractivity contribution is 5.02. The molecule has 3 fully saturated rings. The van der Waals surface area contributed by atoms with E-state index >= 15 is 0 Å². The van der Waals surface area contributed by atoms with Gasteiger partial charge in [-0.3, -0.25) is 0 Å². The van der Waals surface area contributed by atoms with Crippen LogP contribution in [0.15, 0.2) is 0 Å². The lowest BCUT2D eigenvalue weighted by molar-refractivity contribution is -0.165. The van der Waals surface area contributed by atoms with Crippen molar-refractivity contribution in [1.29, 1.82) is 0 Å². The maximum atomic E-state index is 5.95. The predicted octanol–water partition coefficient (Wildman–Crippen LogP) is 0.630. The average Bonchev–Trinajstić information content (AvgIpc) is 2.77. The number of hydrogen-bond acceptors (Lipinski definition) is 5. The summed E-state index contributed by atoms with van der Waals surface area (Å²) >= 11 is 0. The Kier molecular flexibility index (Phi) is 2.55. The Labute approximate surface area is 102 Å². The highest BCUT2D eigenvalue weighted by Crippen LogP contribution is 2.36. The fourth-order valence-corrected chi connectivity index (χ4v) is 2.93. The van der Waals surface area contributed by atoms with E-state index in [0.717, 1.165) is 6.54 Å². The number of fused-ring (bicyclic) bond motifs is 1. The molecule has 5 heteroatoms. The summed E-state index contributed by atoms with van der Waals surface area (Å²) in [4.78, 5) is 0. The Bertz CT molecular complexity index is 318. The minimum atomic E-state index is -0.487. The van der Waals surface area contributed by atoms with Crippen molar-refractivity contribution >= 4 is 0 Å². The van der Waals surface area contributed by atoms with E-state index in [-0.39, 0.29) is 24.4 Å². The van der Waals surface area contributed by atoms with Crippen molar-refractivity contribution < 1.29 is 18.9 Å². The molecule has 0 aliphatic carbocycles. The third-order valence-electron chi connectivity index (χ3n) is 3.56. The van der Waals surface area contributed by atoms with E-state index in [0.29, 0.717) is 6.61 Å². The molecule has 4 atom stereocenters. The first kappa shape index (κ1) is 11.9. The lowest BCUT2D eigenvalue weighted by atomic mass is 10.1. The first-order chi connectivity index (χ1) is 7.86. The van der Waals surface area contributed by atoms with E-state index in [1.54, 1.807) is 0 Å². The zero-order valence-corrected chi connectivity index (χ0v) is 10.9. The second-order valence-electron chi connectivity index (χ2n) is 5.94. The average molecular weight is 243 g/mol. The van der Waals surface area contributed by atoms with Gasteiger partial charge in [-0.15, -0.1) is 0 Å². The number of rotatable bonds is 1. The SMILES string of the molecule is CC1(C)OCC([C@H]2NC[C@@H]3OC(C)(C)O[C@@H]32)O1. The minimum Gasteiger partial charge on any atom is -0.348 e. The van der Waals surface area contributed by atoms with E-state index in [2.05, 4.69) is 5.32 Å². The molecule has 1 unspecified atom stereocenters.